The molecule has 28 heavy (non-hydrogen) atoms. The lowest BCUT2D eigenvalue weighted by Crippen LogP contribution is -2.45. The molecule has 1 aromatic rings. The van der Waals surface area contributed by atoms with Crippen molar-refractivity contribution in [2.45, 2.75) is 50.0 Å². The minimum atomic E-state index is -0.955. The fourth-order valence-electron chi connectivity index (χ4n) is 5.74. The standard InChI is InChI=1S/C24H34N2OS/c1-17-14-24(16-25,21-12-13-22(27-4)26-19(21)3)15-18(2)23(17)28(5,6)20-10-8-7-9-11-20/h7-13,17-18,22-23,26H,14-15H2,1-6H3/t17-,18-,22?,23-,24+/m1/s1. The molecular weight excluding hydrogens is 364 g/mol. The Morgan fingerprint density at radius 1 is 1.14 bits per heavy atom. The quantitative estimate of drug-likeness (QED) is 0.732. The second kappa shape index (κ2) is 7.97. The number of dihydropyridines is 1. The molecule has 1 aliphatic heterocycles. The third kappa shape index (κ3) is 3.63. The van der Waals surface area contributed by atoms with Crippen LogP contribution >= 0.6 is 10.0 Å². The molecule has 0 aromatic heterocycles. The van der Waals surface area contributed by atoms with Crippen molar-refractivity contribution in [1.29, 1.82) is 5.26 Å². The van der Waals surface area contributed by atoms with Crippen molar-refractivity contribution < 1.29 is 4.74 Å². The Hall–Kier alpha value is -1.70. The molecule has 3 atom stereocenters. The molecule has 1 unspecified atom stereocenters. The zero-order valence-electron chi connectivity index (χ0n) is 18.0. The lowest BCUT2D eigenvalue weighted by atomic mass is 9.62. The number of benzene rings is 1. The highest BCUT2D eigenvalue weighted by Gasteiger charge is 2.49. The van der Waals surface area contributed by atoms with E-state index in [2.05, 4.69) is 81.1 Å². The number of ether oxygens (including phenoxy) is 1. The van der Waals surface area contributed by atoms with Crippen LogP contribution in [-0.2, 0) is 4.74 Å². The molecule has 1 saturated carbocycles. The molecule has 1 aromatic carbocycles. The van der Waals surface area contributed by atoms with Gasteiger partial charge >= 0.3 is 0 Å². The molecule has 152 valence electrons. The Labute approximate surface area is 172 Å². The summed E-state index contributed by atoms with van der Waals surface area (Å²) in [4.78, 5) is 1.47. The molecule has 3 rings (SSSR count). The largest absolute Gasteiger partial charge is 0.360 e. The third-order valence-electron chi connectivity index (χ3n) is 6.68. The molecule has 0 radical (unpaired) electrons. The van der Waals surface area contributed by atoms with E-state index in [1.807, 2.05) is 6.08 Å². The lowest BCUT2D eigenvalue weighted by Gasteiger charge is -2.53. The van der Waals surface area contributed by atoms with Crippen molar-refractivity contribution >= 4 is 10.0 Å². The van der Waals surface area contributed by atoms with Gasteiger partial charge in [-0.3, -0.25) is 0 Å². The van der Waals surface area contributed by atoms with Crippen LogP contribution in [0.25, 0.3) is 0 Å². The summed E-state index contributed by atoms with van der Waals surface area (Å²) in [5, 5.41) is 14.3. The topological polar surface area (TPSA) is 45.0 Å². The molecule has 3 nitrogen and oxygen atoms in total. The van der Waals surface area contributed by atoms with Gasteiger partial charge in [0.15, 0.2) is 0 Å². The molecule has 0 bridgehead atoms. The SMILES string of the molecule is COC1C=CC([C@]2(C#N)C[C@@H](C)[C@H](S(C)(C)c3ccccc3)[C@H](C)C2)=C(C)N1. The third-order valence-corrected chi connectivity index (χ3v) is 10.5. The van der Waals surface area contributed by atoms with Crippen LogP contribution in [0.3, 0.4) is 0 Å². The van der Waals surface area contributed by atoms with Crippen molar-refractivity contribution in [1.82, 2.24) is 5.32 Å². The number of nitrogens with zero attached hydrogens (tertiary/aromatic N) is 1. The molecule has 0 amide bonds. The van der Waals surface area contributed by atoms with Crippen molar-refractivity contribution in [3.05, 3.63) is 53.8 Å². The van der Waals surface area contributed by atoms with E-state index < -0.39 is 15.4 Å². The Morgan fingerprint density at radius 2 is 1.75 bits per heavy atom. The summed E-state index contributed by atoms with van der Waals surface area (Å²) < 4.78 is 5.41. The van der Waals surface area contributed by atoms with Crippen LogP contribution in [0.5, 0.6) is 0 Å². The van der Waals surface area contributed by atoms with Crippen molar-refractivity contribution in [3.63, 3.8) is 0 Å². The van der Waals surface area contributed by atoms with E-state index >= 15 is 0 Å². The first-order valence-corrected chi connectivity index (χ1v) is 12.6. The molecule has 1 aliphatic carbocycles. The number of hydrogen-bond donors (Lipinski definition) is 1. The normalized spacial score (nSPS) is 33.9. The van der Waals surface area contributed by atoms with Gasteiger partial charge in [-0.2, -0.15) is 5.26 Å². The van der Waals surface area contributed by atoms with Gasteiger partial charge in [-0.05, 0) is 65.9 Å². The Kier molecular flexibility index (Phi) is 5.98. The molecule has 1 N–H and O–H groups in total. The van der Waals surface area contributed by atoms with E-state index in [1.54, 1.807) is 7.11 Å². The summed E-state index contributed by atoms with van der Waals surface area (Å²) in [5.41, 5.74) is 1.80. The van der Waals surface area contributed by atoms with Crippen LogP contribution in [0.15, 0.2) is 58.6 Å². The average Bonchev–Trinajstić information content (AvgIpc) is 2.67. The predicted octanol–water partition coefficient (Wildman–Crippen LogP) is 5.46. The molecule has 1 heterocycles. The number of rotatable bonds is 4. The number of methoxy groups -OCH3 is 1. The molecule has 0 saturated heterocycles. The van der Waals surface area contributed by atoms with Crippen molar-refractivity contribution in [2.24, 2.45) is 17.3 Å². The van der Waals surface area contributed by atoms with E-state index in [9.17, 15) is 5.26 Å². The van der Waals surface area contributed by atoms with Crippen molar-refractivity contribution in [2.75, 3.05) is 19.6 Å². The van der Waals surface area contributed by atoms with Crippen LogP contribution in [0.2, 0.25) is 0 Å². The fourth-order valence-corrected chi connectivity index (χ4v) is 9.43. The predicted molar refractivity (Wildman–Crippen MR) is 119 cm³/mol. The summed E-state index contributed by atoms with van der Waals surface area (Å²) in [6.45, 7) is 6.79. The van der Waals surface area contributed by atoms with Crippen LogP contribution in [0.4, 0.5) is 0 Å². The maximum Gasteiger partial charge on any atom is 0.146 e. The average molecular weight is 399 g/mol. The second-order valence-electron chi connectivity index (χ2n) is 8.94. The zero-order chi connectivity index (χ0) is 20.5. The number of hydrogen-bond acceptors (Lipinski definition) is 3. The van der Waals surface area contributed by atoms with E-state index in [0.29, 0.717) is 17.1 Å². The molecular formula is C24H34N2OS. The Morgan fingerprint density at radius 3 is 2.25 bits per heavy atom. The second-order valence-corrected chi connectivity index (χ2v) is 12.8. The summed E-state index contributed by atoms with van der Waals surface area (Å²) in [6.07, 6.45) is 10.8. The highest BCUT2D eigenvalue weighted by molar-refractivity contribution is 8.33. The first kappa shape index (κ1) is 21.0. The van der Waals surface area contributed by atoms with Crippen LogP contribution in [0.1, 0.15) is 33.6 Å². The number of nitriles is 1. The smallest absolute Gasteiger partial charge is 0.146 e. The molecule has 4 heteroatoms. The van der Waals surface area contributed by atoms with Gasteiger partial charge in [0, 0.05) is 12.8 Å². The molecule has 0 spiro atoms. The van der Waals surface area contributed by atoms with Gasteiger partial charge in [0.1, 0.15) is 6.23 Å². The lowest BCUT2D eigenvalue weighted by molar-refractivity contribution is 0.117. The first-order chi connectivity index (χ1) is 13.2. The van der Waals surface area contributed by atoms with Gasteiger partial charge in [-0.15, -0.1) is 0 Å². The summed E-state index contributed by atoms with van der Waals surface area (Å²) in [5.74, 6) is 0.977. The summed E-state index contributed by atoms with van der Waals surface area (Å²) in [6, 6.07) is 13.7. The van der Waals surface area contributed by atoms with Gasteiger partial charge in [0.25, 0.3) is 0 Å². The molecule has 2 aliphatic rings. The zero-order valence-corrected chi connectivity index (χ0v) is 18.8. The maximum atomic E-state index is 10.3. The van der Waals surface area contributed by atoms with Gasteiger partial charge in [-0.25, -0.2) is 10.0 Å². The Balaban J connectivity index is 1.92. The number of nitrogens with one attached hydrogen (secondary N) is 1. The van der Waals surface area contributed by atoms with Gasteiger partial charge < -0.3 is 10.1 Å². The van der Waals surface area contributed by atoms with Gasteiger partial charge in [0.05, 0.1) is 11.5 Å². The summed E-state index contributed by atoms with van der Waals surface area (Å²) in [7, 11) is 0.744. The van der Waals surface area contributed by atoms with E-state index in [4.69, 9.17) is 4.74 Å². The summed E-state index contributed by atoms with van der Waals surface area (Å²) >= 11 is 0. The minimum Gasteiger partial charge on any atom is -0.360 e. The molecule has 1 fully saturated rings. The van der Waals surface area contributed by atoms with E-state index in [-0.39, 0.29) is 6.23 Å². The van der Waals surface area contributed by atoms with Crippen LogP contribution < -0.4 is 5.32 Å². The number of allylic oxidation sites excluding steroid dienone is 3. The van der Waals surface area contributed by atoms with Crippen LogP contribution in [-0.4, -0.2) is 31.1 Å². The fraction of sp³-hybridized carbons (Fsp3) is 0.542. The minimum absolute atomic E-state index is 0.105. The van der Waals surface area contributed by atoms with E-state index in [1.165, 1.54) is 4.90 Å². The first-order valence-electron chi connectivity index (χ1n) is 10.1. The van der Waals surface area contributed by atoms with Gasteiger partial charge in [-0.1, -0.05) is 50.3 Å². The Bertz CT molecular complexity index is 794. The van der Waals surface area contributed by atoms with Gasteiger partial charge in [0.2, 0.25) is 0 Å². The highest BCUT2D eigenvalue weighted by Crippen LogP contribution is 2.63. The highest BCUT2D eigenvalue weighted by atomic mass is 32.3. The van der Waals surface area contributed by atoms with Crippen molar-refractivity contribution in [3.8, 4) is 6.07 Å². The van der Waals surface area contributed by atoms with Crippen LogP contribution in [0, 0.1) is 28.6 Å². The maximum absolute atomic E-state index is 10.3. The van der Waals surface area contributed by atoms with E-state index in [0.717, 1.165) is 24.1 Å². The monoisotopic (exact) mass is 398 g/mol.